The van der Waals surface area contributed by atoms with E-state index in [1.807, 2.05) is 6.92 Å². The van der Waals surface area contributed by atoms with Crippen LogP contribution in [0.2, 0.25) is 0 Å². The maximum atomic E-state index is 11.5. The van der Waals surface area contributed by atoms with E-state index in [-0.39, 0.29) is 5.91 Å². The molecule has 0 spiro atoms. The van der Waals surface area contributed by atoms with Gasteiger partial charge in [0.1, 0.15) is 4.88 Å². The van der Waals surface area contributed by atoms with Crippen LogP contribution in [0.25, 0.3) is 0 Å². The van der Waals surface area contributed by atoms with Gasteiger partial charge in [0.05, 0.1) is 5.69 Å². The van der Waals surface area contributed by atoms with Crippen molar-refractivity contribution in [3.05, 3.63) is 23.2 Å². The maximum Gasteiger partial charge on any atom is 0.263 e. The van der Waals surface area contributed by atoms with Crippen LogP contribution in [0.1, 0.15) is 15.4 Å². The molecule has 0 unspecified atom stereocenters. The molecule has 0 aliphatic carbocycles. The number of anilines is 1. The van der Waals surface area contributed by atoms with E-state index in [9.17, 15) is 4.79 Å². The SMILES string of the molecule is C=CCNC(=O)c1sc(NC)nc1C. The number of aryl methyl sites for hydroxylation is 1. The average molecular weight is 211 g/mol. The lowest BCUT2D eigenvalue weighted by Gasteiger charge is -1.98. The summed E-state index contributed by atoms with van der Waals surface area (Å²) in [5, 5.41) is 6.37. The molecule has 1 aromatic rings. The smallest absolute Gasteiger partial charge is 0.263 e. The minimum Gasteiger partial charge on any atom is -0.365 e. The Hall–Kier alpha value is -1.36. The molecule has 0 radical (unpaired) electrons. The van der Waals surface area contributed by atoms with Gasteiger partial charge in [-0.15, -0.1) is 6.58 Å². The highest BCUT2D eigenvalue weighted by atomic mass is 32.1. The lowest BCUT2D eigenvalue weighted by Crippen LogP contribution is -2.22. The minimum absolute atomic E-state index is 0.0959. The molecular weight excluding hydrogens is 198 g/mol. The number of aromatic nitrogens is 1. The third-order valence-corrected chi connectivity index (χ3v) is 2.80. The van der Waals surface area contributed by atoms with Crippen molar-refractivity contribution in [3.63, 3.8) is 0 Å². The molecule has 5 heteroatoms. The Labute approximate surface area is 87.1 Å². The second kappa shape index (κ2) is 4.76. The van der Waals surface area contributed by atoms with Crippen LogP contribution in [-0.4, -0.2) is 24.5 Å². The summed E-state index contributed by atoms with van der Waals surface area (Å²) in [6.45, 7) is 5.83. The fourth-order valence-electron chi connectivity index (χ4n) is 0.959. The number of hydrogen-bond donors (Lipinski definition) is 2. The van der Waals surface area contributed by atoms with Crippen molar-refractivity contribution in [2.45, 2.75) is 6.92 Å². The fourth-order valence-corrected chi connectivity index (χ4v) is 1.80. The Bertz CT molecular complexity index is 346. The Kier molecular flexibility index (Phi) is 3.64. The van der Waals surface area contributed by atoms with Gasteiger partial charge in [0, 0.05) is 13.6 Å². The average Bonchev–Trinajstić information content (AvgIpc) is 2.56. The molecule has 1 heterocycles. The molecule has 0 aliphatic rings. The van der Waals surface area contributed by atoms with Crippen LogP contribution in [0.15, 0.2) is 12.7 Å². The highest BCUT2D eigenvalue weighted by Crippen LogP contribution is 2.21. The van der Waals surface area contributed by atoms with Gasteiger partial charge in [-0.1, -0.05) is 17.4 Å². The molecule has 1 amide bonds. The largest absolute Gasteiger partial charge is 0.365 e. The Morgan fingerprint density at radius 3 is 2.93 bits per heavy atom. The van der Waals surface area contributed by atoms with E-state index < -0.39 is 0 Å². The van der Waals surface area contributed by atoms with Crippen LogP contribution < -0.4 is 10.6 Å². The molecule has 76 valence electrons. The summed E-state index contributed by atoms with van der Waals surface area (Å²) in [4.78, 5) is 16.4. The van der Waals surface area contributed by atoms with E-state index in [1.165, 1.54) is 11.3 Å². The van der Waals surface area contributed by atoms with Gasteiger partial charge in [-0.2, -0.15) is 0 Å². The van der Waals surface area contributed by atoms with Gasteiger partial charge < -0.3 is 10.6 Å². The summed E-state index contributed by atoms with van der Waals surface area (Å²) >= 11 is 1.35. The molecule has 4 nitrogen and oxygen atoms in total. The fraction of sp³-hybridized carbons (Fsp3) is 0.333. The summed E-state index contributed by atoms with van der Waals surface area (Å²) in [6, 6.07) is 0. The summed E-state index contributed by atoms with van der Waals surface area (Å²) in [6.07, 6.45) is 1.65. The molecule has 1 rings (SSSR count). The Morgan fingerprint density at radius 2 is 2.43 bits per heavy atom. The third-order valence-electron chi connectivity index (χ3n) is 1.62. The summed E-state index contributed by atoms with van der Waals surface area (Å²) in [5.74, 6) is -0.0959. The second-order valence-corrected chi connectivity index (χ2v) is 3.68. The molecule has 0 aliphatic heterocycles. The van der Waals surface area contributed by atoms with E-state index in [0.717, 1.165) is 10.8 Å². The summed E-state index contributed by atoms with van der Waals surface area (Å²) < 4.78 is 0. The van der Waals surface area contributed by atoms with Crippen LogP contribution in [0.4, 0.5) is 5.13 Å². The molecule has 1 aromatic heterocycles. The van der Waals surface area contributed by atoms with Gasteiger partial charge >= 0.3 is 0 Å². The van der Waals surface area contributed by atoms with Crippen molar-refractivity contribution < 1.29 is 4.79 Å². The van der Waals surface area contributed by atoms with E-state index in [1.54, 1.807) is 13.1 Å². The first-order valence-corrected chi connectivity index (χ1v) is 5.05. The number of thiazole rings is 1. The zero-order valence-corrected chi connectivity index (χ0v) is 9.07. The van der Waals surface area contributed by atoms with Crippen LogP contribution in [0.3, 0.4) is 0 Å². The molecule has 0 atom stereocenters. The predicted molar refractivity (Wildman–Crippen MR) is 58.9 cm³/mol. The molecule has 0 saturated heterocycles. The van der Waals surface area contributed by atoms with Gasteiger partial charge in [-0.3, -0.25) is 4.79 Å². The topological polar surface area (TPSA) is 54.0 Å². The number of rotatable bonds is 4. The molecule has 0 fully saturated rings. The number of nitrogens with zero attached hydrogens (tertiary/aromatic N) is 1. The van der Waals surface area contributed by atoms with Gasteiger partial charge in [0.25, 0.3) is 5.91 Å². The Balaban J connectivity index is 2.78. The van der Waals surface area contributed by atoms with Crippen molar-refractivity contribution in [2.75, 3.05) is 18.9 Å². The van der Waals surface area contributed by atoms with Crippen LogP contribution in [0, 0.1) is 6.92 Å². The van der Waals surface area contributed by atoms with Crippen molar-refractivity contribution in [1.82, 2.24) is 10.3 Å². The van der Waals surface area contributed by atoms with Crippen LogP contribution in [-0.2, 0) is 0 Å². The molecular formula is C9H13N3OS. The first-order valence-electron chi connectivity index (χ1n) is 4.23. The van der Waals surface area contributed by atoms with Crippen LogP contribution in [0.5, 0.6) is 0 Å². The van der Waals surface area contributed by atoms with Gasteiger partial charge in [0.2, 0.25) is 0 Å². The number of amides is 1. The zero-order chi connectivity index (χ0) is 10.6. The molecule has 0 saturated carbocycles. The van der Waals surface area contributed by atoms with Crippen molar-refractivity contribution in [3.8, 4) is 0 Å². The highest BCUT2D eigenvalue weighted by molar-refractivity contribution is 7.17. The number of carbonyl (C=O) groups excluding carboxylic acids is 1. The van der Waals surface area contributed by atoms with Crippen molar-refractivity contribution in [1.29, 1.82) is 0 Å². The number of hydrogen-bond acceptors (Lipinski definition) is 4. The van der Waals surface area contributed by atoms with E-state index in [0.29, 0.717) is 11.4 Å². The number of carbonyl (C=O) groups is 1. The minimum atomic E-state index is -0.0959. The Morgan fingerprint density at radius 1 is 1.71 bits per heavy atom. The third kappa shape index (κ3) is 2.32. The van der Waals surface area contributed by atoms with Crippen LogP contribution >= 0.6 is 11.3 Å². The van der Waals surface area contributed by atoms with Gasteiger partial charge in [0.15, 0.2) is 5.13 Å². The second-order valence-electron chi connectivity index (χ2n) is 2.68. The standard InChI is InChI=1S/C9H13N3OS/c1-4-5-11-8(13)7-6(2)12-9(10-3)14-7/h4H,1,5H2,2-3H3,(H,10,12)(H,11,13). The molecule has 14 heavy (non-hydrogen) atoms. The number of nitrogens with one attached hydrogen (secondary N) is 2. The van der Waals surface area contributed by atoms with Crippen molar-refractivity contribution in [2.24, 2.45) is 0 Å². The van der Waals surface area contributed by atoms with E-state index in [4.69, 9.17) is 0 Å². The molecule has 0 aromatic carbocycles. The zero-order valence-electron chi connectivity index (χ0n) is 8.26. The maximum absolute atomic E-state index is 11.5. The first kappa shape index (κ1) is 10.7. The van der Waals surface area contributed by atoms with Gasteiger partial charge in [-0.05, 0) is 6.92 Å². The highest BCUT2D eigenvalue weighted by Gasteiger charge is 2.13. The summed E-state index contributed by atoms with van der Waals surface area (Å²) in [7, 11) is 1.78. The van der Waals surface area contributed by atoms with E-state index >= 15 is 0 Å². The lowest BCUT2D eigenvalue weighted by atomic mass is 10.4. The summed E-state index contributed by atoms with van der Waals surface area (Å²) in [5.41, 5.74) is 0.751. The van der Waals surface area contributed by atoms with Gasteiger partial charge in [-0.25, -0.2) is 4.98 Å². The first-order chi connectivity index (χ1) is 6.69. The molecule has 0 bridgehead atoms. The predicted octanol–water partition coefficient (Wildman–Crippen LogP) is 1.41. The monoisotopic (exact) mass is 211 g/mol. The molecule has 2 N–H and O–H groups in total. The quantitative estimate of drug-likeness (QED) is 0.740. The van der Waals surface area contributed by atoms with Crippen molar-refractivity contribution >= 4 is 22.4 Å². The lowest BCUT2D eigenvalue weighted by molar-refractivity contribution is 0.0961. The normalized spacial score (nSPS) is 9.57. The van der Waals surface area contributed by atoms with E-state index in [2.05, 4.69) is 22.2 Å².